The van der Waals surface area contributed by atoms with Gasteiger partial charge >= 0.3 is 0 Å². The molecule has 3 rings (SSSR count). The summed E-state index contributed by atoms with van der Waals surface area (Å²) in [7, 11) is 1.61. The van der Waals surface area contributed by atoms with Crippen molar-refractivity contribution < 1.29 is 9.53 Å². The number of carbonyl (C=O) groups is 1. The minimum Gasteiger partial charge on any atom is -0.497 e. The predicted molar refractivity (Wildman–Crippen MR) is 129 cm³/mol. The van der Waals surface area contributed by atoms with Gasteiger partial charge in [-0.1, -0.05) is 44.2 Å². The maximum absolute atomic E-state index is 13.4. The van der Waals surface area contributed by atoms with Crippen molar-refractivity contribution in [3.63, 3.8) is 0 Å². The molecule has 0 aliphatic rings. The van der Waals surface area contributed by atoms with E-state index in [1.54, 1.807) is 24.5 Å². The second kappa shape index (κ2) is 11.3. The Bertz CT molecular complexity index is 972. The SMILES string of the molecule is CCc1ccc2nc(N(CCN(CC)CC)C(=O)c3cccc(OC)c3)sc2c1.Cl. The van der Waals surface area contributed by atoms with E-state index in [-0.39, 0.29) is 18.3 Å². The maximum Gasteiger partial charge on any atom is 0.260 e. The summed E-state index contributed by atoms with van der Waals surface area (Å²) in [4.78, 5) is 22.3. The summed E-state index contributed by atoms with van der Waals surface area (Å²) in [6.07, 6.45) is 0.984. The van der Waals surface area contributed by atoms with E-state index in [1.807, 2.05) is 29.2 Å². The molecule has 162 valence electrons. The van der Waals surface area contributed by atoms with E-state index < -0.39 is 0 Å². The van der Waals surface area contributed by atoms with Gasteiger partial charge in [0.2, 0.25) is 0 Å². The second-order valence-electron chi connectivity index (χ2n) is 6.87. The van der Waals surface area contributed by atoms with Crippen molar-refractivity contribution in [3.8, 4) is 5.75 Å². The molecule has 0 spiro atoms. The van der Waals surface area contributed by atoms with Gasteiger partial charge in [0.15, 0.2) is 5.13 Å². The average molecular weight is 448 g/mol. The fourth-order valence-corrected chi connectivity index (χ4v) is 4.32. The molecule has 0 fully saturated rings. The molecule has 1 heterocycles. The summed E-state index contributed by atoms with van der Waals surface area (Å²) in [5.41, 5.74) is 2.83. The zero-order valence-corrected chi connectivity index (χ0v) is 19.7. The molecule has 0 aliphatic carbocycles. The van der Waals surface area contributed by atoms with Crippen LogP contribution < -0.4 is 9.64 Å². The number of benzene rings is 2. The Labute approximate surface area is 189 Å². The van der Waals surface area contributed by atoms with Gasteiger partial charge in [-0.15, -0.1) is 12.4 Å². The molecule has 1 aromatic heterocycles. The van der Waals surface area contributed by atoms with Crippen LogP contribution in [0.1, 0.15) is 36.7 Å². The lowest BCUT2D eigenvalue weighted by molar-refractivity contribution is 0.0983. The molecule has 0 unspecified atom stereocenters. The summed E-state index contributed by atoms with van der Waals surface area (Å²) < 4.78 is 6.42. The number of halogens is 1. The molecule has 5 nitrogen and oxygen atoms in total. The molecule has 7 heteroatoms. The summed E-state index contributed by atoms with van der Waals surface area (Å²) in [5.74, 6) is 0.627. The van der Waals surface area contributed by atoms with E-state index in [2.05, 4.69) is 37.8 Å². The molecule has 2 aromatic carbocycles. The molecule has 30 heavy (non-hydrogen) atoms. The summed E-state index contributed by atoms with van der Waals surface area (Å²) in [5, 5.41) is 0.744. The number of fused-ring (bicyclic) bond motifs is 1. The number of ether oxygens (including phenoxy) is 1. The smallest absolute Gasteiger partial charge is 0.260 e. The third-order valence-electron chi connectivity index (χ3n) is 5.18. The number of methoxy groups -OCH3 is 1. The predicted octanol–water partition coefficient (Wildman–Crippen LogP) is 5.28. The molecular weight excluding hydrogens is 418 g/mol. The lowest BCUT2D eigenvalue weighted by Gasteiger charge is -2.24. The first-order chi connectivity index (χ1) is 14.1. The van der Waals surface area contributed by atoms with E-state index in [0.717, 1.165) is 41.4 Å². The number of carbonyl (C=O) groups excluding carboxylic acids is 1. The summed E-state index contributed by atoms with van der Waals surface area (Å²) in [6.45, 7) is 9.74. The van der Waals surface area contributed by atoms with Crippen LogP contribution in [0.25, 0.3) is 10.2 Å². The largest absolute Gasteiger partial charge is 0.497 e. The number of thiazole rings is 1. The van der Waals surface area contributed by atoms with Crippen LogP contribution in [-0.2, 0) is 6.42 Å². The van der Waals surface area contributed by atoms with Gasteiger partial charge in [0, 0.05) is 18.7 Å². The monoisotopic (exact) mass is 447 g/mol. The number of likely N-dealkylation sites (N-methyl/N-ethyl adjacent to an activating group) is 1. The Morgan fingerprint density at radius 3 is 2.50 bits per heavy atom. The second-order valence-corrected chi connectivity index (χ2v) is 7.88. The first-order valence-electron chi connectivity index (χ1n) is 10.2. The van der Waals surface area contributed by atoms with Crippen molar-refractivity contribution in [3.05, 3.63) is 53.6 Å². The normalized spacial score (nSPS) is 10.8. The van der Waals surface area contributed by atoms with Crippen molar-refractivity contribution in [2.24, 2.45) is 0 Å². The molecule has 0 radical (unpaired) electrons. The van der Waals surface area contributed by atoms with Gasteiger partial charge in [0.05, 0.1) is 17.3 Å². The number of nitrogens with zero attached hydrogens (tertiary/aromatic N) is 3. The number of aryl methyl sites for hydroxylation is 1. The zero-order valence-electron chi connectivity index (χ0n) is 18.1. The number of anilines is 1. The summed E-state index contributed by atoms with van der Waals surface area (Å²) >= 11 is 1.58. The molecular formula is C23H30ClN3O2S. The molecule has 0 atom stereocenters. The number of aromatic nitrogens is 1. The molecule has 0 saturated heterocycles. The molecule has 0 N–H and O–H groups in total. The number of rotatable bonds is 9. The van der Waals surface area contributed by atoms with E-state index in [1.165, 1.54) is 5.56 Å². The highest BCUT2D eigenvalue weighted by atomic mass is 35.5. The van der Waals surface area contributed by atoms with Crippen molar-refractivity contribution in [2.45, 2.75) is 27.2 Å². The van der Waals surface area contributed by atoms with Gasteiger partial charge in [-0.2, -0.15) is 0 Å². The van der Waals surface area contributed by atoms with Crippen LogP contribution in [0.15, 0.2) is 42.5 Å². The first kappa shape index (κ1) is 24.1. The van der Waals surface area contributed by atoms with Gasteiger partial charge in [0.1, 0.15) is 5.75 Å². The van der Waals surface area contributed by atoms with Crippen LogP contribution in [0.3, 0.4) is 0 Å². The highest BCUT2D eigenvalue weighted by molar-refractivity contribution is 7.22. The number of hydrogen-bond acceptors (Lipinski definition) is 5. The highest BCUT2D eigenvalue weighted by Gasteiger charge is 2.22. The van der Waals surface area contributed by atoms with Crippen LogP contribution in [0.4, 0.5) is 5.13 Å². The van der Waals surface area contributed by atoms with Crippen molar-refractivity contribution in [1.82, 2.24) is 9.88 Å². The number of amides is 1. The Morgan fingerprint density at radius 2 is 1.83 bits per heavy atom. The quantitative estimate of drug-likeness (QED) is 0.447. The molecule has 1 amide bonds. The minimum absolute atomic E-state index is 0. The van der Waals surface area contributed by atoms with E-state index >= 15 is 0 Å². The first-order valence-corrected chi connectivity index (χ1v) is 11.0. The Hall–Kier alpha value is -2.15. The standard InChI is InChI=1S/C23H29N3O2S.ClH/c1-5-17-11-12-20-21(15-17)29-23(24-20)26(14-13-25(6-2)7-3)22(27)18-9-8-10-19(16-18)28-4;/h8-12,15-16H,5-7,13-14H2,1-4H3;1H. The van der Waals surface area contributed by atoms with Crippen molar-refractivity contribution in [1.29, 1.82) is 0 Å². The van der Waals surface area contributed by atoms with Crippen LogP contribution in [0.5, 0.6) is 5.75 Å². The molecule has 0 saturated carbocycles. The molecule has 3 aromatic rings. The highest BCUT2D eigenvalue weighted by Crippen LogP contribution is 2.31. The van der Waals surface area contributed by atoms with E-state index in [9.17, 15) is 4.79 Å². The van der Waals surface area contributed by atoms with Crippen LogP contribution in [0.2, 0.25) is 0 Å². The van der Waals surface area contributed by atoms with Crippen molar-refractivity contribution in [2.75, 3.05) is 38.2 Å². The lowest BCUT2D eigenvalue weighted by atomic mass is 10.2. The zero-order chi connectivity index (χ0) is 20.8. The fourth-order valence-electron chi connectivity index (χ4n) is 3.27. The van der Waals surface area contributed by atoms with Crippen LogP contribution >= 0.6 is 23.7 Å². The van der Waals surface area contributed by atoms with E-state index in [4.69, 9.17) is 9.72 Å². The fraction of sp³-hybridized carbons (Fsp3) is 0.391. The molecule has 0 aliphatic heterocycles. The minimum atomic E-state index is -0.0502. The van der Waals surface area contributed by atoms with Gasteiger partial charge in [0.25, 0.3) is 5.91 Å². The van der Waals surface area contributed by atoms with Gasteiger partial charge in [-0.05, 0) is 55.4 Å². The Balaban J connectivity index is 0.00000320. The van der Waals surface area contributed by atoms with Gasteiger partial charge in [-0.3, -0.25) is 9.69 Å². The average Bonchev–Trinajstić information content (AvgIpc) is 3.19. The Kier molecular flexibility index (Phi) is 9.08. The third kappa shape index (κ3) is 5.50. The van der Waals surface area contributed by atoms with Crippen LogP contribution in [-0.4, -0.2) is 49.1 Å². The van der Waals surface area contributed by atoms with Gasteiger partial charge < -0.3 is 9.64 Å². The lowest BCUT2D eigenvalue weighted by Crippen LogP contribution is -2.38. The Morgan fingerprint density at radius 1 is 1.07 bits per heavy atom. The third-order valence-corrected chi connectivity index (χ3v) is 6.22. The van der Waals surface area contributed by atoms with Crippen molar-refractivity contribution >= 4 is 45.0 Å². The number of hydrogen-bond donors (Lipinski definition) is 0. The topological polar surface area (TPSA) is 45.7 Å². The van der Waals surface area contributed by atoms with Gasteiger partial charge in [-0.25, -0.2) is 4.98 Å². The maximum atomic E-state index is 13.4. The summed E-state index contributed by atoms with van der Waals surface area (Å²) in [6, 6.07) is 13.6. The van der Waals surface area contributed by atoms with E-state index in [0.29, 0.717) is 17.9 Å². The van der Waals surface area contributed by atoms with Crippen LogP contribution in [0, 0.1) is 0 Å². The molecule has 0 bridgehead atoms.